The molecule has 0 aliphatic carbocycles. The molecule has 0 radical (unpaired) electrons. The van der Waals surface area contributed by atoms with Gasteiger partial charge in [0.2, 0.25) is 0 Å². The lowest BCUT2D eigenvalue weighted by Crippen LogP contribution is -1.95. The van der Waals surface area contributed by atoms with E-state index in [4.69, 9.17) is 16.3 Å². The van der Waals surface area contributed by atoms with Crippen molar-refractivity contribution in [3.05, 3.63) is 40.8 Å². The molecule has 26 heavy (non-hydrogen) atoms. The number of H-pyrrole nitrogens is 1. The molecule has 3 N–H and O–H groups in total. The van der Waals surface area contributed by atoms with Crippen LogP contribution in [0.5, 0.6) is 17.2 Å². The molecule has 0 fully saturated rings. The van der Waals surface area contributed by atoms with Crippen LogP contribution >= 0.6 is 11.6 Å². The first-order valence-electron chi connectivity index (χ1n) is 7.65. The van der Waals surface area contributed by atoms with E-state index in [0.29, 0.717) is 38.8 Å². The van der Waals surface area contributed by atoms with Gasteiger partial charge < -0.3 is 14.9 Å². The van der Waals surface area contributed by atoms with Crippen LogP contribution in [0.1, 0.15) is 5.69 Å². The smallest absolute Gasteiger partial charge is 0.197 e. The number of aromatic hydroxyl groups is 2. The predicted octanol–water partition coefficient (Wildman–Crippen LogP) is 4.30. The standard InChI is InChI=1S/C18H13ClFN3O3/c1-7-13-9-6-11(20)17(26-2)16(25)14(9)15(21-18(13)23-22-7)8-3-4-12(24)10(19)5-8/h3-6,24-25H,1-2H3,(H,21,22,23). The summed E-state index contributed by atoms with van der Waals surface area (Å²) in [5, 5.41) is 28.7. The molecule has 0 amide bonds. The van der Waals surface area contributed by atoms with Gasteiger partial charge >= 0.3 is 0 Å². The zero-order chi connectivity index (χ0) is 18.6. The van der Waals surface area contributed by atoms with Crippen molar-refractivity contribution in [2.45, 2.75) is 6.92 Å². The Morgan fingerprint density at radius 2 is 1.96 bits per heavy atom. The Kier molecular flexibility index (Phi) is 3.62. The summed E-state index contributed by atoms with van der Waals surface area (Å²) in [6.45, 7) is 1.76. The van der Waals surface area contributed by atoms with Crippen molar-refractivity contribution >= 4 is 33.4 Å². The Hall–Kier alpha value is -3.06. The molecule has 132 valence electrons. The number of aromatic nitrogens is 3. The summed E-state index contributed by atoms with van der Waals surface area (Å²) in [5.41, 5.74) is 1.96. The number of hydrogen-bond acceptors (Lipinski definition) is 5. The first-order valence-corrected chi connectivity index (χ1v) is 8.03. The molecule has 0 aliphatic heterocycles. The molecule has 0 saturated heterocycles. The largest absolute Gasteiger partial charge is 0.506 e. The number of aromatic amines is 1. The topological polar surface area (TPSA) is 91.3 Å². The van der Waals surface area contributed by atoms with Gasteiger partial charge in [-0.25, -0.2) is 9.37 Å². The molecule has 2 heterocycles. The number of hydrogen-bond donors (Lipinski definition) is 3. The maximum atomic E-state index is 14.4. The average molecular weight is 374 g/mol. The van der Waals surface area contributed by atoms with Gasteiger partial charge in [0.05, 0.1) is 28.9 Å². The molecule has 0 bridgehead atoms. The monoisotopic (exact) mass is 373 g/mol. The number of methoxy groups -OCH3 is 1. The molecular weight excluding hydrogens is 361 g/mol. The number of rotatable bonds is 2. The van der Waals surface area contributed by atoms with Crippen LogP contribution in [0.2, 0.25) is 5.02 Å². The number of benzene rings is 2. The molecule has 0 unspecified atom stereocenters. The minimum absolute atomic E-state index is 0.0777. The fourth-order valence-electron chi connectivity index (χ4n) is 3.10. The summed E-state index contributed by atoms with van der Waals surface area (Å²) >= 11 is 6.02. The van der Waals surface area contributed by atoms with E-state index in [1.807, 2.05) is 0 Å². The van der Waals surface area contributed by atoms with Crippen LogP contribution in [0.25, 0.3) is 33.1 Å². The van der Waals surface area contributed by atoms with E-state index in [1.54, 1.807) is 13.0 Å². The highest BCUT2D eigenvalue weighted by Crippen LogP contribution is 2.44. The van der Waals surface area contributed by atoms with E-state index >= 15 is 0 Å². The van der Waals surface area contributed by atoms with Crippen LogP contribution in [0, 0.1) is 12.7 Å². The highest BCUT2D eigenvalue weighted by molar-refractivity contribution is 6.32. The Morgan fingerprint density at radius 1 is 1.19 bits per heavy atom. The highest BCUT2D eigenvalue weighted by Gasteiger charge is 2.22. The number of pyridine rings is 1. The van der Waals surface area contributed by atoms with Crippen LogP contribution in [-0.2, 0) is 0 Å². The van der Waals surface area contributed by atoms with Crippen molar-refractivity contribution in [1.82, 2.24) is 15.2 Å². The van der Waals surface area contributed by atoms with Crippen LogP contribution in [0.15, 0.2) is 24.3 Å². The first kappa shape index (κ1) is 16.4. The van der Waals surface area contributed by atoms with Gasteiger partial charge in [-0.15, -0.1) is 0 Å². The molecule has 0 atom stereocenters. The Balaban J connectivity index is 2.22. The zero-order valence-corrected chi connectivity index (χ0v) is 14.5. The van der Waals surface area contributed by atoms with E-state index in [2.05, 4.69) is 15.2 Å². The van der Waals surface area contributed by atoms with Gasteiger partial charge in [0.25, 0.3) is 0 Å². The number of nitrogens with zero attached hydrogens (tertiary/aromatic N) is 2. The summed E-state index contributed by atoms with van der Waals surface area (Å²) in [6, 6.07) is 5.83. The summed E-state index contributed by atoms with van der Waals surface area (Å²) in [6.07, 6.45) is 0. The maximum Gasteiger partial charge on any atom is 0.197 e. The number of halogens is 2. The minimum Gasteiger partial charge on any atom is -0.506 e. The van der Waals surface area contributed by atoms with E-state index < -0.39 is 5.82 Å². The Morgan fingerprint density at radius 3 is 2.65 bits per heavy atom. The quantitative estimate of drug-likeness (QED) is 0.487. The number of phenolic OH excluding ortho intramolecular Hbond substituents is 2. The van der Waals surface area contributed by atoms with Crippen LogP contribution < -0.4 is 4.74 Å². The number of fused-ring (bicyclic) bond motifs is 3. The summed E-state index contributed by atoms with van der Waals surface area (Å²) in [4.78, 5) is 4.53. The van der Waals surface area contributed by atoms with Gasteiger partial charge in [-0.05, 0) is 31.2 Å². The number of aryl methyl sites for hydroxylation is 1. The molecule has 4 rings (SSSR count). The second-order valence-electron chi connectivity index (χ2n) is 5.82. The molecule has 8 heteroatoms. The molecule has 4 aromatic rings. The molecule has 0 saturated carbocycles. The fourth-order valence-corrected chi connectivity index (χ4v) is 3.28. The molecule has 0 spiro atoms. The minimum atomic E-state index is -0.694. The third kappa shape index (κ3) is 2.24. The molecular formula is C18H13ClFN3O3. The van der Waals surface area contributed by atoms with Crippen molar-refractivity contribution in [2.75, 3.05) is 7.11 Å². The van der Waals surface area contributed by atoms with Gasteiger partial charge in [0.1, 0.15) is 5.75 Å². The number of phenols is 2. The molecule has 2 aromatic carbocycles. The van der Waals surface area contributed by atoms with Crippen molar-refractivity contribution in [3.8, 4) is 28.5 Å². The average Bonchev–Trinajstić information content (AvgIpc) is 2.98. The van der Waals surface area contributed by atoms with Gasteiger partial charge in [-0.1, -0.05) is 11.6 Å². The number of nitrogens with one attached hydrogen (secondary N) is 1. The fraction of sp³-hybridized carbons (Fsp3) is 0.111. The van der Waals surface area contributed by atoms with E-state index in [-0.39, 0.29) is 22.3 Å². The lowest BCUT2D eigenvalue weighted by atomic mass is 9.99. The van der Waals surface area contributed by atoms with Gasteiger partial charge in [0, 0.05) is 16.3 Å². The van der Waals surface area contributed by atoms with Gasteiger partial charge in [0.15, 0.2) is 23.0 Å². The van der Waals surface area contributed by atoms with E-state index in [1.165, 1.54) is 25.3 Å². The van der Waals surface area contributed by atoms with E-state index in [0.717, 1.165) is 0 Å². The second kappa shape index (κ2) is 5.74. The molecule has 2 aromatic heterocycles. The van der Waals surface area contributed by atoms with E-state index in [9.17, 15) is 14.6 Å². The second-order valence-corrected chi connectivity index (χ2v) is 6.23. The third-order valence-electron chi connectivity index (χ3n) is 4.29. The van der Waals surface area contributed by atoms with Gasteiger partial charge in [-0.2, -0.15) is 5.10 Å². The SMILES string of the molecule is COc1c(F)cc2c(c(-c3ccc(O)c(Cl)c3)nc3[nH]nc(C)c32)c1O. The maximum absolute atomic E-state index is 14.4. The summed E-state index contributed by atoms with van der Waals surface area (Å²) in [7, 11) is 1.27. The van der Waals surface area contributed by atoms with Crippen LogP contribution in [0.4, 0.5) is 4.39 Å². The lowest BCUT2D eigenvalue weighted by Gasteiger charge is -2.13. The molecule has 0 aliphatic rings. The van der Waals surface area contributed by atoms with Gasteiger partial charge in [-0.3, -0.25) is 5.10 Å². The highest BCUT2D eigenvalue weighted by atomic mass is 35.5. The lowest BCUT2D eigenvalue weighted by molar-refractivity contribution is 0.354. The summed E-state index contributed by atoms with van der Waals surface area (Å²) in [5.74, 6) is -1.41. The third-order valence-corrected chi connectivity index (χ3v) is 4.60. The van der Waals surface area contributed by atoms with Crippen molar-refractivity contribution in [1.29, 1.82) is 0 Å². The van der Waals surface area contributed by atoms with Crippen LogP contribution in [0.3, 0.4) is 0 Å². The predicted molar refractivity (Wildman–Crippen MR) is 96.4 cm³/mol. The van der Waals surface area contributed by atoms with Crippen molar-refractivity contribution in [3.63, 3.8) is 0 Å². The Labute approximate surface area is 151 Å². The van der Waals surface area contributed by atoms with Crippen molar-refractivity contribution < 1.29 is 19.3 Å². The Bertz CT molecular complexity index is 1190. The number of ether oxygens (including phenoxy) is 1. The van der Waals surface area contributed by atoms with Crippen molar-refractivity contribution in [2.24, 2.45) is 0 Å². The van der Waals surface area contributed by atoms with Crippen LogP contribution in [-0.4, -0.2) is 32.5 Å². The normalized spacial score (nSPS) is 11.4. The zero-order valence-electron chi connectivity index (χ0n) is 13.8. The summed E-state index contributed by atoms with van der Waals surface area (Å²) < 4.78 is 19.4. The molecule has 6 nitrogen and oxygen atoms in total. The first-order chi connectivity index (χ1) is 12.4.